The number of amides is 1. The van der Waals surface area contributed by atoms with E-state index < -0.39 is 0 Å². The lowest BCUT2D eigenvalue weighted by atomic mass is 10.1. The van der Waals surface area contributed by atoms with Gasteiger partial charge in [0.05, 0.1) is 13.7 Å². The van der Waals surface area contributed by atoms with Gasteiger partial charge in [-0.3, -0.25) is 4.79 Å². The van der Waals surface area contributed by atoms with Crippen LogP contribution in [0.2, 0.25) is 0 Å². The predicted molar refractivity (Wildman–Crippen MR) is 105 cm³/mol. The van der Waals surface area contributed by atoms with Crippen LogP contribution in [0, 0.1) is 5.92 Å². The highest BCUT2D eigenvalue weighted by Crippen LogP contribution is 2.32. The first-order valence-electron chi connectivity index (χ1n) is 9.64. The van der Waals surface area contributed by atoms with Gasteiger partial charge in [0.2, 0.25) is 5.91 Å². The van der Waals surface area contributed by atoms with Gasteiger partial charge in [0.15, 0.2) is 11.5 Å². The molecule has 142 valence electrons. The Labute approximate surface area is 153 Å². The third kappa shape index (κ3) is 7.37. The molecule has 0 aliphatic carbocycles. The van der Waals surface area contributed by atoms with Crippen LogP contribution < -0.4 is 14.4 Å². The van der Waals surface area contributed by atoms with Crippen molar-refractivity contribution in [1.82, 2.24) is 0 Å². The topological polar surface area (TPSA) is 38.8 Å². The second kappa shape index (κ2) is 11.8. The standard InChI is InChI=1S/C21H35NO3/c1-6-8-9-15-25-20-16-18(11-12-19(20)24-5)22(14-13-17(3)4)21(23)10-7-2/h11-12,16-17H,6-10,13-15H2,1-5H3. The highest BCUT2D eigenvalue weighted by molar-refractivity contribution is 5.93. The minimum absolute atomic E-state index is 0.172. The molecule has 0 spiro atoms. The van der Waals surface area contributed by atoms with Crippen molar-refractivity contribution < 1.29 is 14.3 Å². The molecule has 0 saturated heterocycles. The van der Waals surface area contributed by atoms with Gasteiger partial charge in [-0.05, 0) is 37.3 Å². The Balaban J connectivity index is 2.97. The normalized spacial score (nSPS) is 10.8. The number of hydrogen-bond donors (Lipinski definition) is 0. The minimum atomic E-state index is 0.172. The first-order valence-corrected chi connectivity index (χ1v) is 9.64. The summed E-state index contributed by atoms with van der Waals surface area (Å²) in [7, 11) is 1.65. The summed E-state index contributed by atoms with van der Waals surface area (Å²) in [5.74, 6) is 2.16. The zero-order chi connectivity index (χ0) is 18.7. The second-order valence-corrected chi connectivity index (χ2v) is 6.87. The summed E-state index contributed by atoms with van der Waals surface area (Å²) in [5.41, 5.74) is 0.894. The van der Waals surface area contributed by atoms with Crippen LogP contribution in [0.4, 0.5) is 5.69 Å². The average molecular weight is 350 g/mol. The molecule has 0 N–H and O–H groups in total. The summed E-state index contributed by atoms with van der Waals surface area (Å²) in [6.07, 6.45) is 5.74. The van der Waals surface area contributed by atoms with Gasteiger partial charge < -0.3 is 14.4 Å². The lowest BCUT2D eigenvalue weighted by Gasteiger charge is -2.25. The summed E-state index contributed by atoms with van der Waals surface area (Å²) in [4.78, 5) is 14.5. The lowest BCUT2D eigenvalue weighted by Crippen LogP contribution is -2.32. The number of rotatable bonds is 12. The molecule has 1 aromatic rings. The molecule has 0 fully saturated rings. The molecule has 0 heterocycles. The number of ether oxygens (including phenoxy) is 2. The Morgan fingerprint density at radius 2 is 1.88 bits per heavy atom. The second-order valence-electron chi connectivity index (χ2n) is 6.87. The number of methoxy groups -OCH3 is 1. The van der Waals surface area contributed by atoms with Crippen molar-refractivity contribution in [3.63, 3.8) is 0 Å². The molecular formula is C21H35NO3. The zero-order valence-corrected chi connectivity index (χ0v) is 16.6. The molecule has 0 aliphatic rings. The van der Waals surface area contributed by atoms with E-state index in [1.807, 2.05) is 30.0 Å². The maximum Gasteiger partial charge on any atom is 0.226 e. The predicted octanol–water partition coefficient (Wildman–Crippen LogP) is 5.44. The molecule has 0 atom stereocenters. The monoisotopic (exact) mass is 349 g/mol. The Kier molecular flexibility index (Phi) is 10.0. The molecule has 25 heavy (non-hydrogen) atoms. The molecule has 1 aromatic carbocycles. The van der Waals surface area contributed by atoms with Crippen molar-refractivity contribution in [3.8, 4) is 11.5 Å². The fourth-order valence-corrected chi connectivity index (χ4v) is 2.61. The summed E-state index contributed by atoms with van der Waals surface area (Å²) in [5, 5.41) is 0. The molecule has 0 unspecified atom stereocenters. The molecule has 0 bridgehead atoms. The van der Waals surface area contributed by atoms with Crippen molar-refractivity contribution in [2.75, 3.05) is 25.2 Å². The van der Waals surface area contributed by atoms with Crippen LogP contribution in [-0.4, -0.2) is 26.2 Å². The maximum absolute atomic E-state index is 12.6. The smallest absolute Gasteiger partial charge is 0.226 e. The number of anilines is 1. The minimum Gasteiger partial charge on any atom is -0.493 e. The molecule has 0 aromatic heterocycles. The van der Waals surface area contributed by atoms with E-state index in [4.69, 9.17) is 9.47 Å². The number of hydrogen-bond acceptors (Lipinski definition) is 3. The van der Waals surface area contributed by atoms with Gasteiger partial charge in [-0.1, -0.05) is 40.5 Å². The summed E-state index contributed by atoms with van der Waals surface area (Å²) in [6, 6.07) is 5.79. The van der Waals surface area contributed by atoms with Gasteiger partial charge in [-0.25, -0.2) is 0 Å². The van der Waals surface area contributed by atoms with Gasteiger partial charge in [-0.15, -0.1) is 0 Å². The molecule has 1 rings (SSSR count). The number of nitrogens with zero attached hydrogens (tertiary/aromatic N) is 1. The van der Waals surface area contributed by atoms with Crippen molar-refractivity contribution in [2.45, 2.75) is 66.2 Å². The number of benzene rings is 1. The van der Waals surface area contributed by atoms with E-state index in [0.29, 0.717) is 24.7 Å². The third-order valence-corrected chi connectivity index (χ3v) is 4.16. The van der Waals surface area contributed by atoms with Crippen LogP contribution in [0.15, 0.2) is 18.2 Å². The average Bonchev–Trinajstić information content (AvgIpc) is 2.59. The number of carbonyl (C=O) groups is 1. The highest BCUT2D eigenvalue weighted by Gasteiger charge is 2.17. The summed E-state index contributed by atoms with van der Waals surface area (Å²) >= 11 is 0. The van der Waals surface area contributed by atoms with Gasteiger partial charge >= 0.3 is 0 Å². The molecule has 0 aliphatic heterocycles. The van der Waals surface area contributed by atoms with Crippen LogP contribution in [-0.2, 0) is 4.79 Å². The first kappa shape index (κ1) is 21.3. The molecule has 1 amide bonds. The highest BCUT2D eigenvalue weighted by atomic mass is 16.5. The van der Waals surface area contributed by atoms with E-state index in [1.165, 1.54) is 0 Å². The maximum atomic E-state index is 12.6. The number of carbonyl (C=O) groups excluding carboxylic acids is 1. The lowest BCUT2D eigenvalue weighted by molar-refractivity contribution is -0.118. The molecule has 4 nitrogen and oxygen atoms in total. The van der Waals surface area contributed by atoms with Crippen molar-refractivity contribution in [2.24, 2.45) is 5.92 Å². The van der Waals surface area contributed by atoms with Crippen LogP contribution in [0.25, 0.3) is 0 Å². The van der Waals surface area contributed by atoms with E-state index in [9.17, 15) is 4.79 Å². The fraction of sp³-hybridized carbons (Fsp3) is 0.667. The Hall–Kier alpha value is -1.71. The molecule has 0 radical (unpaired) electrons. The van der Waals surface area contributed by atoms with Crippen LogP contribution >= 0.6 is 0 Å². The zero-order valence-electron chi connectivity index (χ0n) is 16.6. The molecular weight excluding hydrogens is 314 g/mol. The van der Waals surface area contributed by atoms with E-state index in [0.717, 1.165) is 50.1 Å². The summed E-state index contributed by atoms with van der Waals surface area (Å²) in [6.45, 7) is 9.97. The Bertz CT molecular complexity index is 514. The van der Waals surface area contributed by atoms with Crippen molar-refractivity contribution >= 4 is 11.6 Å². The molecule has 4 heteroatoms. The van der Waals surface area contributed by atoms with Gasteiger partial charge in [0, 0.05) is 24.7 Å². The van der Waals surface area contributed by atoms with Gasteiger partial charge in [0.25, 0.3) is 0 Å². The van der Waals surface area contributed by atoms with Gasteiger partial charge in [-0.2, -0.15) is 0 Å². The largest absolute Gasteiger partial charge is 0.493 e. The van der Waals surface area contributed by atoms with E-state index in [-0.39, 0.29) is 5.91 Å². The first-order chi connectivity index (χ1) is 12.0. The van der Waals surface area contributed by atoms with Crippen LogP contribution in [0.5, 0.6) is 11.5 Å². The summed E-state index contributed by atoms with van der Waals surface area (Å²) < 4.78 is 11.3. The van der Waals surface area contributed by atoms with Crippen molar-refractivity contribution in [3.05, 3.63) is 18.2 Å². The fourth-order valence-electron chi connectivity index (χ4n) is 2.61. The van der Waals surface area contributed by atoms with E-state index in [2.05, 4.69) is 20.8 Å². The van der Waals surface area contributed by atoms with Crippen LogP contribution in [0.3, 0.4) is 0 Å². The Morgan fingerprint density at radius 1 is 1.12 bits per heavy atom. The van der Waals surface area contributed by atoms with Gasteiger partial charge in [0.1, 0.15) is 0 Å². The number of unbranched alkanes of at least 4 members (excludes halogenated alkanes) is 2. The SMILES string of the molecule is CCCCCOc1cc(N(CCC(C)C)C(=O)CCC)ccc1OC. The van der Waals surface area contributed by atoms with Crippen LogP contribution in [0.1, 0.15) is 66.2 Å². The quantitative estimate of drug-likeness (QED) is 0.471. The van der Waals surface area contributed by atoms with Crippen molar-refractivity contribution in [1.29, 1.82) is 0 Å². The van der Waals surface area contributed by atoms with E-state index >= 15 is 0 Å². The third-order valence-electron chi connectivity index (χ3n) is 4.16. The molecule has 0 saturated carbocycles. The Morgan fingerprint density at radius 3 is 2.48 bits per heavy atom. The van der Waals surface area contributed by atoms with E-state index in [1.54, 1.807) is 7.11 Å².